The van der Waals surface area contributed by atoms with Gasteiger partial charge in [0.2, 0.25) is 0 Å². The van der Waals surface area contributed by atoms with Gasteiger partial charge in [-0.25, -0.2) is 0 Å². The lowest BCUT2D eigenvalue weighted by molar-refractivity contribution is -0.152. The Labute approximate surface area is 91.8 Å². The van der Waals surface area contributed by atoms with Crippen LogP contribution in [0.2, 0.25) is 0 Å². The Hall–Kier alpha value is -0.554. The molecule has 1 rings (SSSR count). The molecule has 0 aliphatic heterocycles. The highest BCUT2D eigenvalue weighted by Gasteiger charge is 2.32. The number of carboxylic acid groups (broad SMARTS) is 2. The van der Waals surface area contributed by atoms with E-state index in [1.54, 1.807) is 6.08 Å². The number of carbonyl (C=O) groups is 2. The van der Waals surface area contributed by atoms with Gasteiger partial charge < -0.3 is 10.2 Å². The molecule has 0 aromatic carbocycles. The second-order valence-corrected chi connectivity index (χ2v) is 2.81. The molecule has 4 nitrogen and oxygen atoms in total. The number of carboxylic acids is 2. The molecule has 0 saturated carbocycles. The molecule has 2 N–H and O–H groups in total. The maximum atomic E-state index is 10.6. The van der Waals surface area contributed by atoms with E-state index in [-0.39, 0.29) is 23.1 Å². The Kier molecular flexibility index (Phi) is 5.01. The van der Waals surface area contributed by atoms with Gasteiger partial charge in [-0.05, 0) is 12.8 Å². The molecule has 0 saturated heterocycles. The first-order valence-corrected chi connectivity index (χ1v) is 3.75. The lowest BCUT2D eigenvalue weighted by atomic mass is 9.84. The molecular weight excluding hydrogens is 184 g/mol. The van der Waals surface area contributed by atoms with Gasteiger partial charge in [0.1, 0.15) is 0 Å². The van der Waals surface area contributed by atoms with Crippen molar-refractivity contribution >= 4 is 35.0 Å². The molecule has 2 unspecified atom stereocenters. The fourth-order valence-corrected chi connectivity index (χ4v) is 1.36. The van der Waals surface area contributed by atoms with Crippen molar-refractivity contribution in [3.05, 3.63) is 12.2 Å². The molecule has 13 heavy (non-hydrogen) atoms. The van der Waals surface area contributed by atoms with E-state index in [9.17, 15) is 9.59 Å². The van der Waals surface area contributed by atoms with Crippen LogP contribution in [0.3, 0.4) is 0 Å². The topological polar surface area (TPSA) is 74.6 Å². The Bertz CT molecular complexity index is 236. The summed E-state index contributed by atoms with van der Waals surface area (Å²) >= 11 is 0. The van der Waals surface area contributed by atoms with Gasteiger partial charge in [0.05, 0.1) is 11.8 Å². The molecule has 0 radical (unpaired) electrons. The zero-order chi connectivity index (χ0) is 9.14. The highest BCUT2D eigenvalue weighted by molar-refractivity contribution is 5.81. The molecule has 5 heteroatoms. The minimum Gasteiger partial charge on any atom is -0.481 e. The molecule has 0 spiro atoms. The van der Waals surface area contributed by atoms with Crippen LogP contribution in [0.15, 0.2) is 12.2 Å². The Morgan fingerprint density at radius 1 is 1.23 bits per heavy atom. The second kappa shape index (κ2) is 5.24. The summed E-state index contributed by atoms with van der Waals surface area (Å²) in [7, 11) is 0. The zero-order valence-electron chi connectivity index (χ0n) is 6.43. The summed E-state index contributed by atoms with van der Waals surface area (Å²) in [5.41, 5.74) is 0. The molecule has 1 aliphatic carbocycles. The van der Waals surface area contributed by atoms with Crippen LogP contribution < -0.4 is 0 Å². The summed E-state index contributed by atoms with van der Waals surface area (Å²) in [5.74, 6) is -3.69. The third-order valence-electron chi connectivity index (χ3n) is 2.02. The number of hydrogen-bond donors (Lipinski definition) is 2. The summed E-state index contributed by atoms with van der Waals surface area (Å²) in [6.45, 7) is 0. The van der Waals surface area contributed by atoms with Gasteiger partial charge in [-0.3, -0.25) is 9.59 Å². The first-order valence-electron chi connectivity index (χ1n) is 3.75. The van der Waals surface area contributed by atoms with Crippen molar-refractivity contribution in [3.63, 3.8) is 0 Å². The van der Waals surface area contributed by atoms with Crippen LogP contribution in [-0.2, 0) is 9.59 Å². The first kappa shape index (κ1) is 12.4. The van der Waals surface area contributed by atoms with Crippen molar-refractivity contribution in [2.75, 3.05) is 0 Å². The van der Waals surface area contributed by atoms with Crippen molar-refractivity contribution < 1.29 is 19.8 Å². The van der Waals surface area contributed by atoms with Gasteiger partial charge in [-0.1, -0.05) is 12.2 Å². The Morgan fingerprint density at radius 2 is 1.85 bits per heavy atom. The molecule has 0 fully saturated rings. The highest BCUT2D eigenvalue weighted by Crippen LogP contribution is 2.24. The molecule has 0 aromatic heterocycles. The maximum absolute atomic E-state index is 10.6. The maximum Gasteiger partial charge on any atom is 0.316 e. The van der Waals surface area contributed by atoms with Gasteiger partial charge >= 0.3 is 35.0 Å². The number of aliphatic carboxylic acids is 2. The lowest BCUT2D eigenvalue weighted by Crippen LogP contribution is -2.30. The van der Waals surface area contributed by atoms with Gasteiger partial charge in [0.25, 0.3) is 0 Å². The van der Waals surface area contributed by atoms with Gasteiger partial charge in [0.15, 0.2) is 0 Å². The summed E-state index contributed by atoms with van der Waals surface area (Å²) in [4.78, 5) is 21.1. The van der Waals surface area contributed by atoms with Crippen LogP contribution >= 0.6 is 0 Å². The fourth-order valence-electron chi connectivity index (χ4n) is 1.36. The SMILES string of the molecule is O=C(O)C1C=CCCC1C(=O)O.[MgH2]. The molecular formula is C8H12MgO4. The summed E-state index contributed by atoms with van der Waals surface area (Å²) < 4.78 is 0. The molecule has 2 atom stereocenters. The smallest absolute Gasteiger partial charge is 0.316 e. The van der Waals surface area contributed by atoms with Crippen LogP contribution in [-0.4, -0.2) is 45.2 Å². The van der Waals surface area contributed by atoms with Crippen molar-refractivity contribution in [2.24, 2.45) is 11.8 Å². The summed E-state index contributed by atoms with van der Waals surface area (Å²) in [5, 5.41) is 17.3. The Balaban J connectivity index is 0.00000144. The predicted molar refractivity (Wildman–Crippen MR) is 49.2 cm³/mol. The van der Waals surface area contributed by atoms with Crippen molar-refractivity contribution in [2.45, 2.75) is 12.8 Å². The molecule has 70 valence electrons. The minimum absolute atomic E-state index is 0. The monoisotopic (exact) mass is 196 g/mol. The molecule has 0 aromatic rings. The molecule has 1 aliphatic rings. The van der Waals surface area contributed by atoms with E-state index >= 15 is 0 Å². The van der Waals surface area contributed by atoms with Crippen LogP contribution in [0.5, 0.6) is 0 Å². The van der Waals surface area contributed by atoms with E-state index in [2.05, 4.69) is 0 Å². The van der Waals surface area contributed by atoms with Crippen LogP contribution in [0.4, 0.5) is 0 Å². The molecule has 0 amide bonds. The predicted octanol–water partition coefficient (Wildman–Crippen LogP) is -0.178. The average Bonchev–Trinajstić information content (AvgIpc) is 2.04. The van der Waals surface area contributed by atoms with E-state index in [0.717, 1.165) is 0 Å². The summed E-state index contributed by atoms with van der Waals surface area (Å²) in [6.07, 6.45) is 4.26. The van der Waals surface area contributed by atoms with Gasteiger partial charge in [-0.15, -0.1) is 0 Å². The van der Waals surface area contributed by atoms with Crippen LogP contribution in [0.25, 0.3) is 0 Å². The van der Waals surface area contributed by atoms with Crippen molar-refractivity contribution in [1.29, 1.82) is 0 Å². The Morgan fingerprint density at radius 3 is 2.23 bits per heavy atom. The number of rotatable bonds is 2. The van der Waals surface area contributed by atoms with E-state index in [0.29, 0.717) is 12.8 Å². The third kappa shape index (κ3) is 3.00. The van der Waals surface area contributed by atoms with E-state index in [1.807, 2.05) is 0 Å². The standard InChI is InChI=1S/C8H10O4.Mg.2H/c9-7(10)5-3-1-2-4-6(5)8(11)12;;;/h1,3,5-6H,2,4H2,(H,9,10)(H,11,12);;;. The number of allylic oxidation sites excluding steroid dienone is 1. The van der Waals surface area contributed by atoms with E-state index in [1.165, 1.54) is 6.08 Å². The quantitative estimate of drug-likeness (QED) is 0.475. The molecule has 0 bridgehead atoms. The summed E-state index contributed by atoms with van der Waals surface area (Å²) in [6, 6.07) is 0. The van der Waals surface area contributed by atoms with Crippen molar-refractivity contribution in [3.8, 4) is 0 Å². The highest BCUT2D eigenvalue weighted by atomic mass is 24.3. The number of hydrogen-bond acceptors (Lipinski definition) is 2. The van der Waals surface area contributed by atoms with E-state index in [4.69, 9.17) is 10.2 Å². The first-order chi connectivity index (χ1) is 5.63. The van der Waals surface area contributed by atoms with Crippen molar-refractivity contribution in [1.82, 2.24) is 0 Å². The zero-order valence-corrected chi connectivity index (χ0v) is 6.43. The van der Waals surface area contributed by atoms with Gasteiger partial charge in [-0.2, -0.15) is 0 Å². The average molecular weight is 196 g/mol. The van der Waals surface area contributed by atoms with Crippen LogP contribution in [0.1, 0.15) is 12.8 Å². The van der Waals surface area contributed by atoms with Crippen LogP contribution in [0, 0.1) is 11.8 Å². The largest absolute Gasteiger partial charge is 0.481 e. The second-order valence-electron chi connectivity index (χ2n) is 2.81. The molecule has 0 heterocycles. The normalized spacial score (nSPS) is 26.2. The third-order valence-corrected chi connectivity index (χ3v) is 2.02. The lowest BCUT2D eigenvalue weighted by Gasteiger charge is -2.19. The van der Waals surface area contributed by atoms with Gasteiger partial charge in [0, 0.05) is 0 Å². The fraction of sp³-hybridized carbons (Fsp3) is 0.500. The van der Waals surface area contributed by atoms with E-state index < -0.39 is 23.8 Å². The minimum atomic E-state index is -1.06.